The van der Waals surface area contributed by atoms with Gasteiger partial charge in [0.1, 0.15) is 12.2 Å². The van der Waals surface area contributed by atoms with Crippen LogP contribution < -0.4 is 5.32 Å². The van der Waals surface area contributed by atoms with Gasteiger partial charge in [0, 0.05) is 17.9 Å². The van der Waals surface area contributed by atoms with Gasteiger partial charge in [-0.1, -0.05) is 36.4 Å². The average Bonchev–Trinajstić information content (AvgIpc) is 3.30. The van der Waals surface area contributed by atoms with Gasteiger partial charge in [0.2, 0.25) is 0 Å². The van der Waals surface area contributed by atoms with Gasteiger partial charge < -0.3 is 19.7 Å². The molecule has 2 aromatic carbocycles. The summed E-state index contributed by atoms with van der Waals surface area (Å²) in [5, 5.41) is 2.88. The zero-order chi connectivity index (χ0) is 21.1. The number of hydrogen-bond acceptors (Lipinski definition) is 4. The monoisotopic (exact) mass is 408 g/mol. The van der Waals surface area contributed by atoms with Crippen LogP contribution >= 0.6 is 0 Å². The average molecular weight is 408 g/mol. The first-order valence-electron chi connectivity index (χ1n) is 10.6. The van der Waals surface area contributed by atoms with Crippen molar-refractivity contribution in [3.05, 3.63) is 65.7 Å². The van der Waals surface area contributed by atoms with Crippen LogP contribution in [0, 0.1) is 0 Å². The van der Waals surface area contributed by atoms with Gasteiger partial charge in [-0.2, -0.15) is 0 Å². The molecule has 30 heavy (non-hydrogen) atoms. The summed E-state index contributed by atoms with van der Waals surface area (Å²) < 4.78 is 11.5. The maximum absolute atomic E-state index is 13.4. The number of carbonyl (C=O) groups excluding carboxylic acids is 2. The van der Waals surface area contributed by atoms with Crippen molar-refractivity contribution in [2.24, 2.45) is 0 Å². The van der Waals surface area contributed by atoms with E-state index in [0.717, 1.165) is 18.4 Å². The Kier molecular flexibility index (Phi) is 6.16. The van der Waals surface area contributed by atoms with E-state index in [2.05, 4.69) is 5.32 Å². The first-order chi connectivity index (χ1) is 14.5. The van der Waals surface area contributed by atoms with E-state index in [-0.39, 0.29) is 30.0 Å². The lowest BCUT2D eigenvalue weighted by Gasteiger charge is -2.44. The number of benzene rings is 2. The predicted molar refractivity (Wildman–Crippen MR) is 114 cm³/mol. The third-order valence-electron chi connectivity index (χ3n) is 5.83. The van der Waals surface area contributed by atoms with Gasteiger partial charge in [0.05, 0.1) is 18.7 Å². The van der Waals surface area contributed by atoms with Gasteiger partial charge in [-0.05, 0) is 50.5 Å². The molecule has 0 aliphatic carbocycles. The van der Waals surface area contributed by atoms with Crippen LogP contribution in [-0.2, 0) is 14.3 Å². The van der Waals surface area contributed by atoms with E-state index in [1.54, 1.807) is 24.3 Å². The molecule has 2 aliphatic heterocycles. The third kappa shape index (κ3) is 4.25. The van der Waals surface area contributed by atoms with Crippen molar-refractivity contribution in [2.45, 2.75) is 51.0 Å². The summed E-state index contributed by atoms with van der Waals surface area (Å²) in [4.78, 5) is 27.7. The zero-order valence-electron chi connectivity index (χ0n) is 17.4. The van der Waals surface area contributed by atoms with E-state index in [4.69, 9.17) is 9.47 Å². The molecule has 2 aromatic rings. The van der Waals surface area contributed by atoms with Gasteiger partial charge in [0.25, 0.3) is 11.8 Å². The van der Waals surface area contributed by atoms with E-state index in [1.165, 1.54) is 0 Å². The van der Waals surface area contributed by atoms with Crippen LogP contribution in [0.5, 0.6) is 0 Å². The normalized spacial score (nSPS) is 26.4. The number of nitrogens with zero attached hydrogens (tertiary/aromatic N) is 1. The number of anilines is 1. The van der Waals surface area contributed by atoms with E-state index >= 15 is 0 Å². The maximum atomic E-state index is 13.4. The lowest BCUT2D eigenvalue weighted by molar-refractivity contribution is -0.124. The van der Waals surface area contributed by atoms with Gasteiger partial charge >= 0.3 is 0 Å². The topological polar surface area (TPSA) is 67.9 Å². The summed E-state index contributed by atoms with van der Waals surface area (Å²) in [6, 6.07) is 16.9. The molecule has 0 spiro atoms. The Morgan fingerprint density at radius 1 is 1.03 bits per heavy atom. The summed E-state index contributed by atoms with van der Waals surface area (Å²) in [7, 11) is 0. The first-order valence-corrected chi connectivity index (χ1v) is 10.6. The summed E-state index contributed by atoms with van der Waals surface area (Å²) >= 11 is 0. The van der Waals surface area contributed by atoms with Crippen molar-refractivity contribution in [1.29, 1.82) is 0 Å². The van der Waals surface area contributed by atoms with Gasteiger partial charge in [-0.3, -0.25) is 9.59 Å². The Hall–Kier alpha value is -2.70. The van der Waals surface area contributed by atoms with Crippen molar-refractivity contribution >= 4 is 17.5 Å². The Labute approximate surface area is 177 Å². The van der Waals surface area contributed by atoms with Gasteiger partial charge in [-0.25, -0.2) is 0 Å². The number of hydrogen-bond donors (Lipinski definition) is 1. The molecule has 6 nitrogen and oxygen atoms in total. The Bertz CT molecular complexity index is 895. The van der Waals surface area contributed by atoms with Crippen LogP contribution in [0.2, 0.25) is 0 Å². The summed E-state index contributed by atoms with van der Waals surface area (Å²) in [6.07, 6.45) is 1.05. The molecule has 0 unspecified atom stereocenters. The highest BCUT2D eigenvalue weighted by Crippen LogP contribution is 2.32. The molecule has 1 N–H and O–H groups in total. The first kappa shape index (κ1) is 20.6. The SMILES string of the molecule is C[C@@H]1CO[C@H](c2ccccc2)[C@@H](C)N1C(=O)c1cccc(NC(=O)[C@@H]2CCCO2)c1. The van der Waals surface area contributed by atoms with E-state index in [0.29, 0.717) is 24.5 Å². The fraction of sp³-hybridized carbons (Fsp3) is 0.417. The molecule has 2 amide bonds. The highest BCUT2D eigenvalue weighted by molar-refractivity contribution is 5.98. The lowest BCUT2D eigenvalue weighted by Crippen LogP contribution is -2.53. The van der Waals surface area contributed by atoms with Crippen molar-refractivity contribution in [3.63, 3.8) is 0 Å². The van der Waals surface area contributed by atoms with E-state index in [1.807, 2.05) is 49.1 Å². The highest BCUT2D eigenvalue weighted by Gasteiger charge is 2.37. The second-order valence-electron chi connectivity index (χ2n) is 8.04. The minimum absolute atomic E-state index is 0.0439. The highest BCUT2D eigenvalue weighted by atomic mass is 16.5. The smallest absolute Gasteiger partial charge is 0.254 e. The second kappa shape index (κ2) is 8.98. The van der Waals surface area contributed by atoms with Gasteiger partial charge in [-0.15, -0.1) is 0 Å². The molecule has 2 saturated heterocycles. The number of morpholine rings is 1. The Balaban J connectivity index is 1.51. The van der Waals surface area contributed by atoms with E-state index < -0.39 is 6.10 Å². The predicted octanol–water partition coefficient (Wildman–Crippen LogP) is 3.79. The molecular formula is C24H28N2O4. The van der Waals surface area contributed by atoms with Crippen LogP contribution in [0.25, 0.3) is 0 Å². The van der Waals surface area contributed by atoms with E-state index in [9.17, 15) is 9.59 Å². The molecule has 6 heteroatoms. The molecule has 4 rings (SSSR count). The largest absolute Gasteiger partial charge is 0.369 e. The molecule has 2 fully saturated rings. The molecule has 4 atom stereocenters. The number of rotatable bonds is 4. The molecule has 0 aromatic heterocycles. The number of ether oxygens (including phenoxy) is 2. The summed E-state index contributed by atoms with van der Waals surface area (Å²) in [5.74, 6) is -0.221. The van der Waals surface area contributed by atoms with Crippen molar-refractivity contribution in [1.82, 2.24) is 4.90 Å². The number of nitrogens with one attached hydrogen (secondary N) is 1. The van der Waals surface area contributed by atoms with Crippen LogP contribution in [-0.4, -0.2) is 48.1 Å². The summed E-state index contributed by atoms with van der Waals surface area (Å²) in [5.41, 5.74) is 2.22. The zero-order valence-corrected chi connectivity index (χ0v) is 17.4. The molecule has 0 bridgehead atoms. The summed E-state index contributed by atoms with van der Waals surface area (Å²) in [6.45, 7) is 5.12. The van der Waals surface area contributed by atoms with Crippen LogP contribution in [0.15, 0.2) is 54.6 Å². The van der Waals surface area contributed by atoms with Crippen LogP contribution in [0.3, 0.4) is 0 Å². The van der Waals surface area contributed by atoms with Crippen molar-refractivity contribution in [2.75, 3.05) is 18.5 Å². The minimum Gasteiger partial charge on any atom is -0.369 e. The fourth-order valence-electron chi connectivity index (χ4n) is 4.30. The molecular weight excluding hydrogens is 380 g/mol. The van der Waals surface area contributed by atoms with Gasteiger partial charge in [0.15, 0.2) is 0 Å². The number of amides is 2. The van der Waals surface area contributed by atoms with Crippen molar-refractivity contribution in [3.8, 4) is 0 Å². The molecule has 0 radical (unpaired) electrons. The lowest BCUT2D eigenvalue weighted by atomic mass is 9.97. The minimum atomic E-state index is -0.407. The number of carbonyl (C=O) groups is 2. The fourth-order valence-corrected chi connectivity index (χ4v) is 4.30. The third-order valence-corrected chi connectivity index (χ3v) is 5.83. The quantitative estimate of drug-likeness (QED) is 0.836. The molecule has 158 valence electrons. The Morgan fingerprint density at radius 3 is 2.57 bits per heavy atom. The van der Waals surface area contributed by atoms with Crippen molar-refractivity contribution < 1.29 is 19.1 Å². The van der Waals surface area contributed by atoms with Crippen LogP contribution in [0.1, 0.15) is 48.7 Å². The maximum Gasteiger partial charge on any atom is 0.254 e. The van der Waals surface area contributed by atoms with Crippen LogP contribution in [0.4, 0.5) is 5.69 Å². The standard InChI is InChI=1S/C24H28N2O4/c1-16-15-30-22(18-8-4-3-5-9-18)17(2)26(16)24(28)19-10-6-11-20(14-19)25-23(27)21-12-7-13-29-21/h3-6,8-11,14,16-17,21-22H,7,12-13,15H2,1-2H3,(H,25,27)/t16-,17-,21+,22+/m1/s1. The molecule has 0 saturated carbocycles. The Morgan fingerprint density at radius 2 is 1.83 bits per heavy atom. The molecule has 2 heterocycles. The molecule has 2 aliphatic rings. The second-order valence-corrected chi connectivity index (χ2v) is 8.04.